The highest BCUT2D eigenvalue weighted by molar-refractivity contribution is 4.83. The van der Waals surface area contributed by atoms with Gasteiger partial charge in [0.1, 0.15) is 6.10 Å². The van der Waals surface area contributed by atoms with Crippen LogP contribution < -0.4 is 0 Å². The number of rotatable bonds is 3. The van der Waals surface area contributed by atoms with Gasteiger partial charge in [0.2, 0.25) is 0 Å². The van der Waals surface area contributed by atoms with E-state index in [4.69, 9.17) is 11.5 Å². The second-order valence-corrected chi connectivity index (χ2v) is 2.15. The van der Waals surface area contributed by atoms with Gasteiger partial charge < -0.3 is 5.11 Å². The van der Waals surface area contributed by atoms with Crippen LogP contribution in [0.15, 0.2) is 0 Å². The van der Waals surface area contributed by atoms with Crippen molar-refractivity contribution in [3.8, 4) is 12.3 Å². The molecular weight excluding hydrogens is 157 g/mol. The van der Waals surface area contributed by atoms with E-state index in [1.165, 1.54) is 0 Å². The van der Waals surface area contributed by atoms with Crippen LogP contribution in [0.2, 0.25) is 0 Å². The summed E-state index contributed by atoms with van der Waals surface area (Å²) in [6, 6.07) is 0. The van der Waals surface area contributed by atoms with Crippen LogP contribution in [0.4, 0.5) is 13.2 Å². The molecule has 0 aliphatic heterocycles. The summed E-state index contributed by atoms with van der Waals surface area (Å²) in [6.07, 6.45) is -1.76. The number of hydrogen-bond acceptors (Lipinski definition) is 1. The summed E-state index contributed by atoms with van der Waals surface area (Å²) in [5.74, 6) is 2.20. The Morgan fingerprint density at radius 1 is 1.45 bits per heavy atom. The van der Waals surface area contributed by atoms with Crippen LogP contribution in [0.3, 0.4) is 0 Å². The Balaban J connectivity index is 3.55. The fourth-order valence-electron chi connectivity index (χ4n) is 0.561. The summed E-state index contributed by atoms with van der Waals surface area (Å²) in [7, 11) is 0. The normalized spacial score (nSPS) is 14.1. The molecule has 0 amide bonds. The van der Waals surface area contributed by atoms with E-state index in [1.54, 1.807) is 0 Å². The number of aliphatic hydroxyl groups is 1. The van der Waals surface area contributed by atoms with E-state index in [-0.39, 0.29) is 19.3 Å². The highest BCUT2D eigenvalue weighted by atomic mass is 19.4. The van der Waals surface area contributed by atoms with Crippen LogP contribution in [-0.4, -0.2) is 17.4 Å². The molecule has 0 aromatic rings. The maximum atomic E-state index is 11.6. The van der Waals surface area contributed by atoms with E-state index in [2.05, 4.69) is 5.92 Å². The minimum atomic E-state index is -4.51. The lowest BCUT2D eigenvalue weighted by molar-refractivity contribution is -0.205. The number of halogens is 3. The molecule has 0 aromatic carbocycles. The highest BCUT2D eigenvalue weighted by Gasteiger charge is 2.37. The lowest BCUT2D eigenvalue weighted by Crippen LogP contribution is -2.28. The standard InChI is InChI=1S/C7H9F3O/c1-2-3-4-5-6(11)7(8,9)10/h1,6,11H,3-5H2/t6-/m1/s1. The summed E-state index contributed by atoms with van der Waals surface area (Å²) >= 11 is 0. The van der Waals surface area contributed by atoms with E-state index in [0.29, 0.717) is 0 Å². The molecular formula is C7H9F3O. The zero-order chi connectivity index (χ0) is 8.91. The van der Waals surface area contributed by atoms with Crippen LogP contribution >= 0.6 is 0 Å². The molecule has 11 heavy (non-hydrogen) atoms. The molecule has 1 nitrogen and oxygen atoms in total. The Morgan fingerprint density at radius 2 is 2.00 bits per heavy atom. The maximum absolute atomic E-state index is 11.6. The van der Waals surface area contributed by atoms with Gasteiger partial charge in [0.15, 0.2) is 0 Å². The third-order valence-electron chi connectivity index (χ3n) is 1.18. The van der Waals surface area contributed by atoms with Crippen LogP contribution in [0.25, 0.3) is 0 Å². The van der Waals surface area contributed by atoms with Gasteiger partial charge in [-0.15, -0.1) is 12.3 Å². The third-order valence-corrected chi connectivity index (χ3v) is 1.18. The maximum Gasteiger partial charge on any atom is 0.414 e. The zero-order valence-corrected chi connectivity index (χ0v) is 5.86. The molecule has 0 heterocycles. The monoisotopic (exact) mass is 166 g/mol. The van der Waals surface area contributed by atoms with Gasteiger partial charge in [-0.05, 0) is 12.8 Å². The van der Waals surface area contributed by atoms with E-state index < -0.39 is 12.3 Å². The van der Waals surface area contributed by atoms with Gasteiger partial charge in [0.05, 0.1) is 0 Å². The van der Waals surface area contributed by atoms with E-state index in [1.807, 2.05) is 0 Å². The van der Waals surface area contributed by atoms with Gasteiger partial charge in [-0.3, -0.25) is 0 Å². The van der Waals surface area contributed by atoms with Crippen molar-refractivity contribution in [1.29, 1.82) is 0 Å². The largest absolute Gasteiger partial charge is 0.414 e. The van der Waals surface area contributed by atoms with E-state index in [9.17, 15) is 13.2 Å². The molecule has 0 saturated carbocycles. The van der Waals surface area contributed by atoms with Crippen molar-refractivity contribution in [3.63, 3.8) is 0 Å². The van der Waals surface area contributed by atoms with Gasteiger partial charge in [-0.25, -0.2) is 0 Å². The average Bonchev–Trinajstić information content (AvgIpc) is 1.86. The second kappa shape index (κ2) is 4.24. The fourth-order valence-corrected chi connectivity index (χ4v) is 0.561. The lowest BCUT2D eigenvalue weighted by Gasteiger charge is -2.12. The zero-order valence-electron chi connectivity index (χ0n) is 5.86. The first-order chi connectivity index (χ1) is 4.98. The Morgan fingerprint density at radius 3 is 2.36 bits per heavy atom. The minimum absolute atomic E-state index is 0.206. The number of aliphatic hydroxyl groups excluding tert-OH is 1. The molecule has 0 aliphatic rings. The Labute approximate surface area is 63.2 Å². The topological polar surface area (TPSA) is 20.2 Å². The summed E-state index contributed by atoms with van der Waals surface area (Å²) in [5, 5.41) is 8.42. The lowest BCUT2D eigenvalue weighted by atomic mass is 10.1. The third kappa shape index (κ3) is 4.68. The van der Waals surface area contributed by atoms with Gasteiger partial charge in [-0.2, -0.15) is 13.2 Å². The van der Waals surface area contributed by atoms with Crippen LogP contribution in [0.5, 0.6) is 0 Å². The minimum Gasteiger partial charge on any atom is -0.384 e. The first-order valence-electron chi connectivity index (χ1n) is 3.16. The smallest absolute Gasteiger partial charge is 0.384 e. The molecule has 0 aliphatic carbocycles. The molecule has 0 aromatic heterocycles. The SMILES string of the molecule is C#CCCC[C@@H](O)C(F)(F)F. The first kappa shape index (κ1) is 10.3. The van der Waals surface area contributed by atoms with Crippen molar-refractivity contribution in [2.24, 2.45) is 0 Å². The molecule has 0 saturated heterocycles. The molecule has 0 fully saturated rings. The summed E-state index contributed by atoms with van der Waals surface area (Å²) in [6.45, 7) is 0. The van der Waals surface area contributed by atoms with E-state index in [0.717, 1.165) is 0 Å². The molecule has 0 radical (unpaired) electrons. The molecule has 1 atom stereocenters. The quantitative estimate of drug-likeness (QED) is 0.500. The summed E-state index contributed by atoms with van der Waals surface area (Å²) < 4.78 is 34.7. The van der Waals surface area contributed by atoms with Crippen molar-refractivity contribution in [1.82, 2.24) is 0 Å². The Hall–Kier alpha value is -0.690. The molecule has 0 unspecified atom stereocenters. The molecule has 0 bridgehead atoms. The van der Waals surface area contributed by atoms with E-state index >= 15 is 0 Å². The number of alkyl halides is 3. The fraction of sp³-hybridized carbons (Fsp3) is 0.714. The van der Waals surface area contributed by atoms with Gasteiger partial charge >= 0.3 is 6.18 Å². The Bertz CT molecular complexity index is 145. The average molecular weight is 166 g/mol. The molecule has 1 N–H and O–H groups in total. The van der Waals surface area contributed by atoms with Gasteiger partial charge in [0.25, 0.3) is 0 Å². The predicted molar refractivity (Wildman–Crippen MR) is 34.7 cm³/mol. The second-order valence-electron chi connectivity index (χ2n) is 2.15. The van der Waals surface area contributed by atoms with Crippen LogP contribution in [-0.2, 0) is 0 Å². The van der Waals surface area contributed by atoms with Gasteiger partial charge in [0, 0.05) is 6.42 Å². The first-order valence-corrected chi connectivity index (χ1v) is 3.16. The number of hydrogen-bond donors (Lipinski definition) is 1. The van der Waals surface area contributed by atoms with Crippen molar-refractivity contribution < 1.29 is 18.3 Å². The van der Waals surface area contributed by atoms with Crippen LogP contribution in [0.1, 0.15) is 19.3 Å². The summed E-state index contributed by atoms with van der Waals surface area (Å²) in [4.78, 5) is 0. The highest BCUT2D eigenvalue weighted by Crippen LogP contribution is 2.23. The Kier molecular flexibility index (Phi) is 3.98. The predicted octanol–water partition coefficient (Wildman–Crippen LogP) is 1.71. The molecule has 4 heteroatoms. The molecule has 64 valence electrons. The van der Waals surface area contributed by atoms with Crippen molar-refractivity contribution in [2.45, 2.75) is 31.5 Å². The van der Waals surface area contributed by atoms with Crippen molar-refractivity contribution in [3.05, 3.63) is 0 Å². The summed E-state index contributed by atoms with van der Waals surface area (Å²) in [5.41, 5.74) is 0. The van der Waals surface area contributed by atoms with Crippen LogP contribution in [0, 0.1) is 12.3 Å². The molecule has 0 rings (SSSR count). The molecule has 0 spiro atoms. The number of unbranched alkanes of at least 4 members (excludes halogenated alkanes) is 1. The van der Waals surface area contributed by atoms with Crippen molar-refractivity contribution >= 4 is 0 Å². The van der Waals surface area contributed by atoms with Gasteiger partial charge in [-0.1, -0.05) is 0 Å². The van der Waals surface area contributed by atoms with Crippen molar-refractivity contribution in [2.75, 3.05) is 0 Å². The number of terminal acetylenes is 1.